The molecule has 0 aliphatic carbocycles. The van der Waals surface area contributed by atoms with Gasteiger partial charge < -0.3 is 4.74 Å². The first-order valence-corrected chi connectivity index (χ1v) is 9.46. The molecule has 127 valence electrons. The molecular weight excluding hydrogens is 267 g/mol. The molecule has 3 heteroatoms. The van der Waals surface area contributed by atoms with Crippen molar-refractivity contribution in [2.24, 2.45) is 0 Å². The number of ether oxygens (including phenoxy) is 1. The molecule has 0 atom stereocenters. The summed E-state index contributed by atoms with van der Waals surface area (Å²) in [5, 5.41) is 0. The number of rotatable bonds is 16. The second-order valence-corrected chi connectivity index (χ2v) is 6.21. The van der Waals surface area contributed by atoms with Gasteiger partial charge in [0, 0.05) is 25.3 Å². The number of carbonyl (C=O) groups is 1. The SMILES string of the molecule is CCCCCCCCCCCCCCCC(=O)OCCC.[Li]. The van der Waals surface area contributed by atoms with Crippen LogP contribution >= 0.6 is 0 Å². The number of hydrogen-bond acceptors (Lipinski definition) is 2. The molecule has 0 saturated heterocycles. The summed E-state index contributed by atoms with van der Waals surface area (Å²) in [7, 11) is 0. The topological polar surface area (TPSA) is 26.3 Å². The van der Waals surface area contributed by atoms with Gasteiger partial charge in [-0.15, -0.1) is 0 Å². The smallest absolute Gasteiger partial charge is 0.305 e. The maximum Gasteiger partial charge on any atom is 0.305 e. The molecule has 0 heterocycles. The van der Waals surface area contributed by atoms with Gasteiger partial charge >= 0.3 is 5.97 Å². The number of unbranched alkanes of at least 4 members (excludes halogenated alkanes) is 12. The molecule has 0 unspecified atom stereocenters. The molecular formula is C19H38LiO2. The van der Waals surface area contributed by atoms with Gasteiger partial charge in [0.25, 0.3) is 0 Å². The van der Waals surface area contributed by atoms with E-state index < -0.39 is 0 Å². The van der Waals surface area contributed by atoms with E-state index in [0.29, 0.717) is 13.0 Å². The number of hydrogen-bond donors (Lipinski definition) is 0. The van der Waals surface area contributed by atoms with Crippen molar-refractivity contribution >= 4 is 24.8 Å². The normalized spacial score (nSPS) is 10.3. The molecule has 0 rings (SSSR count). The minimum atomic E-state index is -0.0140. The van der Waals surface area contributed by atoms with E-state index in [9.17, 15) is 4.79 Å². The van der Waals surface area contributed by atoms with Gasteiger partial charge in [-0.2, -0.15) is 0 Å². The quantitative estimate of drug-likeness (QED) is 0.197. The minimum absolute atomic E-state index is 0. The van der Waals surface area contributed by atoms with E-state index >= 15 is 0 Å². The summed E-state index contributed by atoms with van der Waals surface area (Å²) in [4.78, 5) is 11.3. The van der Waals surface area contributed by atoms with Gasteiger partial charge in [-0.1, -0.05) is 90.9 Å². The van der Waals surface area contributed by atoms with Crippen molar-refractivity contribution in [3.8, 4) is 0 Å². The molecule has 1 radical (unpaired) electrons. The van der Waals surface area contributed by atoms with Crippen LogP contribution in [0.25, 0.3) is 0 Å². The summed E-state index contributed by atoms with van der Waals surface area (Å²) in [6, 6.07) is 0. The Hall–Kier alpha value is 0.0674. The van der Waals surface area contributed by atoms with Crippen molar-refractivity contribution in [2.45, 2.75) is 110 Å². The molecule has 0 saturated carbocycles. The molecule has 0 N–H and O–H groups in total. The van der Waals surface area contributed by atoms with Crippen LogP contribution in [-0.2, 0) is 9.53 Å². The predicted molar refractivity (Wildman–Crippen MR) is 97.3 cm³/mol. The van der Waals surface area contributed by atoms with Crippen LogP contribution in [0.15, 0.2) is 0 Å². The summed E-state index contributed by atoms with van der Waals surface area (Å²) < 4.78 is 5.06. The summed E-state index contributed by atoms with van der Waals surface area (Å²) >= 11 is 0. The Balaban J connectivity index is 0. The molecule has 0 amide bonds. The first kappa shape index (κ1) is 24.3. The van der Waals surface area contributed by atoms with E-state index in [0.717, 1.165) is 12.8 Å². The Morgan fingerprint density at radius 1 is 0.636 bits per heavy atom. The molecule has 0 spiro atoms. The maximum absolute atomic E-state index is 11.3. The molecule has 0 aromatic carbocycles. The van der Waals surface area contributed by atoms with Gasteiger partial charge in [-0.25, -0.2) is 0 Å². The third-order valence-corrected chi connectivity index (χ3v) is 3.95. The Labute approximate surface area is 151 Å². The zero-order valence-corrected chi connectivity index (χ0v) is 15.6. The predicted octanol–water partition coefficient (Wildman–Crippen LogP) is 6.04. The summed E-state index contributed by atoms with van der Waals surface area (Å²) in [6.45, 7) is 4.88. The number of carbonyl (C=O) groups excluding carboxylic acids is 1. The summed E-state index contributed by atoms with van der Waals surface area (Å²) in [5.74, 6) is -0.0140. The van der Waals surface area contributed by atoms with Crippen LogP contribution in [0.2, 0.25) is 0 Å². The fourth-order valence-electron chi connectivity index (χ4n) is 2.58. The molecule has 0 aromatic heterocycles. The Morgan fingerprint density at radius 3 is 1.45 bits per heavy atom. The molecule has 2 nitrogen and oxygen atoms in total. The largest absolute Gasteiger partial charge is 0.466 e. The molecule has 0 bridgehead atoms. The fraction of sp³-hybridized carbons (Fsp3) is 0.947. The van der Waals surface area contributed by atoms with Crippen LogP contribution in [-0.4, -0.2) is 31.4 Å². The van der Waals surface area contributed by atoms with Crippen molar-refractivity contribution < 1.29 is 9.53 Å². The zero-order valence-electron chi connectivity index (χ0n) is 15.6. The van der Waals surface area contributed by atoms with Crippen LogP contribution in [0.4, 0.5) is 0 Å². The average Bonchev–Trinajstić information content (AvgIpc) is 2.49. The fourth-order valence-corrected chi connectivity index (χ4v) is 2.58. The van der Waals surface area contributed by atoms with Gasteiger partial charge in [-0.05, 0) is 12.8 Å². The molecule has 0 aliphatic rings. The first-order chi connectivity index (χ1) is 10.3. The third kappa shape index (κ3) is 20.1. The Kier molecular flexibility index (Phi) is 23.3. The monoisotopic (exact) mass is 305 g/mol. The van der Waals surface area contributed by atoms with Gasteiger partial charge in [0.1, 0.15) is 0 Å². The minimum Gasteiger partial charge on any atom is -0.466 e. The molecule has 0 aliphatic heterocycles. The van der Waals surface area contributed by atoms with Crippen molar-refractivity contribution in [3.63, 3.8) is 0 Å². The third-order valence-electron chi connectivity index (χ3n) is 3.95. The summed E-state index contributed by atoms with van der Waals surface area (Å²) in [5.41, 5.74) is 0. The van der Waals surface area contributed by atoms with Crippen molar-refractivity contribution in [3.05, 3.63) is 0 Å². The van der Waals surface area contributed by atoms with Gasteiger partial charge in [0.2, 0.25) is 0 Å². The van der Waals surface area contributed by atoms with E-state index in [4.69, 9.17) is 4.74 Å². The van der Waals surface area contributed by atoms with Crippen LogP contribution in [0.1, 0.15) is 110 Å². The second kappa shape index (κ2) is 21.1. The second-order valence-electron chi connectivity index (χ2n) is 6.21. The van der Waals surface area contributed by atoms with Crippen molar-refractivity contribution in [1.82, 2.24) is 0 Å². The number of esters is 1. The first-order valence-electron chi connectivity index (χ1n) is 9.46. The van der Waals surface area contributed by atoms with Gasteiger partial charge in [0.05, 0.1) is 6.61 Å². The molecule has 22 heavy (non-hydrogen) atoms. The van der Waals surface area contributed by atoms with Crippen LogP contribution in [0.3, 0.4) is 0 Å². The van der Waals surface area contributed by atoms with Crippen LogP contribution < -0.4 is 0 Å². The Morgan fingerprint density at radius 2 is 1.05 bits per heavy atom. The molecule has 0 fully saturated rings. The van der Waals surface area contributed by atoms with Crippen molar-refractivity contribution in [2.75, 3.05) is 6.61 Å². The van der Waals surface area contributed by atoms with E-state index in [1.807, 2.05) is 6.92 Å². The van der Waals surface area contributed by atoms with Gasteiger partial charge in [-0.3, -0.25) is 4.79 Å². The van der Waals surface area contributed by atoms with E-state index in [2.05, 4.69) is 6.92 Å². The van der Waals surface area contributed by atoms with Crippen LogP contribution in [0, 0.1) is 0 Å². The molecule has 0 aromatic rings. The van der Waals surface area contributed by atoms with E-state index in [1.54, 1.807) is 0 Å². The van der Waals surface area contributed by atoms with Crippen LogP contribution in [0.5, 0.6) is 0 Å². The maximum atomic E-state index is 11.3. The van der Waals surface area contributed by atoms with Crippen molar-refractivity contribution in [1.29, 1.82) is 0 Å². The zero-order chi connectivity index (χ0) is 15.6. The average molecular weight is 305 g/mol. The van der Waals surface area contributed by atoms with E-state index in [1.165, 1.54) is 77.0 Å². The Bertz CT molecular complexity index is 219. The van der Waals surface area contributed by atoms with E-state index in [-0.39, 0.29) is 24.8 Å². The standard InChI is InChI=1S/C19H38O2.Li/c1-3-5-6-7-8-9-10-11-12-13-14-15-16-17-19(20)21-18-4-2;/h3-18H2,1-2H3;. The summed E-state index contributed by atoms with van der Waals surface area (Å²) in [6.07, 6.45) is 19.0. The van der Waals surface area contributed by atoms with Gasteiger partial charge in [0.15, 0.2) is 0 Å².